The van der Waals surface area contributed by atoms with Gasteiger partial charge in [0.2, 0.25) is 0 Å². The fraction of sp³-hybridized carbons (Fsp3) is 0.880. The summed E-state index contributed by atoms with van der Waals surface area (Å²) in [5.74, 6) is 2.36. The molecule has 0 spiro atoms. The summed E-state index contributed by atoms with van der Waals surface area (Å²) in [4.78, 5) is 0. The first-order chi connectivity index (χ1) is 25.8. The van der Waals surface area contributed by atoms with Crippen LogP contribution in [0.5, 0.6) is 5.75 Å². The van der Waals surface area contributed by atoms with E-state index in [0.717, 1.165) is 25.7 Å². The lowest BCUT2D eigenvalue weighted by atomic mass is 9.53. The summed E-state index contributed by atoms with van der Waals surface area (Å²) in [6.07, 6.45) is 43.2. The predicted octanol–water partition coefficient (Wildman–Crippen LogP) is 14.6. The smallest absolute Gasteiger partial charge is 0.115 e. The Labute approximate surface area is 330 Å². The van der Waals surface area contributed by atoms with Crippen LogP contribution >= 0.6 is 0 Å². The third-order valence-corrected chi connectivity index (χ3v) is 15.4. The van der Waals surface area contributed by atoms with Crippen molar-refractivity contribution in [1.29, 1.82) is 0 Å². The van der Waals surface area contributed by atoms with Crippen molar-refractivity contribution in [1.82, 2.24) is 0 Å². The molecule has 3 aliphatic rings. The molecule has 0 bridgehead atoms. The molecule has 306 valence electrons. The van der Waals surface area contributed by atoms with Gasteiger partial charge in [0.25, 0.3) is 0 Å². The van der Waals surface area contributed by atoms with Crippen LogP contribution in [-0.2, 0) is 6.42 Å². The summed E-state index contributed by atoms with van der Waals surface area (Å²) in [6.45, 7) is 11.0. The molecule has 0 aliphatic heterocycles. The third-order valence-electron chi connectivity index (χ3n) is 15.4. The average molecular weight is 737 g/mol. The van der Waals surface area contributed by atoms with Gasteiger partial charge in [-0.3, -0.25) is 0 Å². The molecular formula is C50H90NO2+. The summed E-state index contributed by atoms with van der Waals surface area (Å²) >= 11 is 0. The molecule has 0 heterocycles. The van der Waals surface area contributed by atoms with E-state index >= 15 is 0 Å². The number of hydrogen-bond donors (Lipinski definition) is 2. The standard InChI is InChI=1S/C50H89NO2/c1-5-7-9-11-13-15-17-19-21-23-25-27-39-51(4,40-28-26-24-22-20-18-16-14-12-10-8-6-2)41-29-36-50(53)38-35-48-47-32-30-43-42-44(52)31-33-45(43)46(47)34-37-49(48,50)3/h31,33,42,46-48,53H,5-30,32,34-41H2,1-4H3/p+1/t46-,47-,48+,49+,50+/m1/s1. The van der Waals surface area contributed by atoms with Crippen molar-refractivity contribution in [2.75, 3.05) is 26.7 Å². The van der Waals surface area contributed by atoms with Crippen LogP contribution in [0.3, 0.4) is 0 Å². The fourth-order valence-electron chi connectivity index (χ4n) is 11.8. The summed E-state index contributed by atoms with van der Waals surface area (Å²) in [6, 6.07) is 6.15. The number of aromatic hydroxyl groups is 1. The van der Waals surface area contributed by atoms with Crippen LogP contribution in [0.15, 0.2) is 18.2 Å². The van der Waals surface area contributed by atoms with E-state index in [0.29, 0.717) is 23.5 Å². The van der Waals surface area contributed by atoms with Gasteiger partial charge in [-0.05, 0) is 123 Å². The highest BCUT2D eigenvalue weighted by Gasteiger charge is 2.61. The van der Waals surface area contributed by atoms with Crippen LogP contribution in [0.25, 0.3) is 0 Å². The Balaban J connectivity index is 1.20. The Hall–Kier alpha value is -1.06. The molecule has 0 aromatic heterocycles. The van der Waals surface area contributed by atoms with E-state index < -0.39 is 5.60 Å². The summed E-state index contributed by atoms with van der Waals surface area (Å²) < 4.78 is 1.22. The van der Waals surface area contributed by atoms with Gasteiger partial charge in [0.15, 0.2) is 0 Å². The van der Waals surface area contributed by atoms with Crippen molar-refractivity contribution in [2.24, 2.45) is 17.3 Å². The van der Waals surface area contributed by atoms with Crippen LogP contribution in [0, 0.1) is 17.3 Å². The number of fused-ring (bicyclic) bond motifs is 5. The number of phenolic OH excluding ortho intramolecular Hbond substituents is 1. The zero-order valence-electron chi connectivity index (χ0n) is 36.1. The SMILES string of the molecule is CCCCCCCCCCCCCC[N+](C)(CCCCCCCCCCCCCC)CCC[C@]1(O)CC[C@H]2[C@@H]3CCc4cc(O)ccc4[C@H]3CC[C@@]21C. The Morgan fingerprint density at radius 1 is 0.604 bits per heavy atom. The number of rotatable bonds is 30. The monoisotopic (exact) mass is 737 g/mol. The van der Waals surface area contributed by atoms with E-state index in [2.05, 4.69) is 33.9 Å². The second-order valence-electron chi connectivity index (χ2n) is 19.5. The normalized spacial score (nSPS) is 25.3. The molecule has 0 amide bonds. The second kappa shape index (κ2) is 23.9. The maximum absolute atomic E-state index is 12.5. The van der Waals surface area contributed by atoms with Gasteiger partial charge in [0.1, 0.15) is 5.75 Å². The topological polar surface area (TPSA) is 40.5 Å². The molecule has 0 radical (unpaired) electrons. The van der Waals surface area contributed by atoms with Crippen LogP contribution in [-0.4, -0.2) is 47.0 Å². The predicted molar refractivity (Wildman–Crippen MR) is 230 cm³/mol. The molecule has 2 N–H and O–H groups in total. The number of unbranched alkanes of at least 4 members (excludes halogenated alkanes) is 22. The molecule has 2 fully saturated rings. The van der Waals surface area contributed by atoms with E-state index in [1.54, 1.807) is 0 Å². The highest BCUT2D eigenvalue weighted by atomic mass is 16.3. The Morgan fingerprint density at radius 2 is 1.08 bits per heavy atom. The number of aliphatic hydroxyl groups is 1. The van der Waals surface area contributed by atoms with Crippen molar-refractivity contribution in [3.63, 3.8) is 0 Å². The quantitative estimate of drug-likeness (QED) is 0.0610. The minimum Gasteiger partial charge on any atom is -0.508 e. The number of benzene rings is 1. The second-order valence-corrected chi connectivity index (χ2v) is 19.5. The molecule has 5 atom stereocenters. The van der Waals surface area contributed by atoms with E-state index in [4.69, 9.17) is 0 Å². The molecule has 3 aliphatic carbocycles. The molecule has 1 aromatic rings. The largest absolute Gasteiger partial charge is 0.508 e. The fourth-order valence-corrected chi connectivity index (χ4v) is 11.8. The van der Waals surface area contributed by atoms with Gasteiger partial charge in [0.05, 0.1) is 32.3 Å². The van der Waals surface area contributed by atoms with Crippen LogP contribution in [0.1, 0.15) is 237 Å². The maximum Gasteiger partial charge on any atom is 0.115 e. The summed E-state index contributed by atoms with van der Waals surface area (Å²) in [5, 5.41) is 22.6. The molecule has 0 unspecified atom stereocenters. The number of nitrogens with zero attached hydrogens (tertiary/aromatic N) is 1. The van der Waals surface area contributed by atoms with E-state index in [1.807, 2.05) is 12.1 Å². The molecular weight excluding hydrogens is 647 g/mol. The van der Waals surface area contributed by atoms with Gasteiger partial charge >= 0.3 is 0 Å². The molecule has 4 rings (SSSR count). The number of aryl methyl sites for hydroxylation is 1. The molecule has 3 nitrogen and oxygen atoms in total. The molecule has 3 heteroatoms. The lowest BCUT2D eigenvalue weighted by molar-refractivity contribution is -0.910. The highest BCUT2D eigenvalue weighted by molar-refractivity contribution is 5.40. The minimum absolute atomic E-state index is 0.0526. The van der Waals surface area contributed by atoms with Crippen molar-refractivity contribution in [3.05, 3.63) is 29.3 Å². The summed E-state index contributed by atoms with van der Waals surface area (Å²) in [5.41, 5.74) is 2.42. The van der Waals surface area contributed by atoms with Crippen molar-refractivity contribution in [2.45, 2.75) is 238 Å². The van der Waals surface area contributed by atoms with Crippen LogP contribution in [0.4, 0.5) is 0 Å². The Kier molecular flexibility index (Phi) is 20.1. The van der Waals surface area contributed by atoms with Gasteiger partial charge in [0, 0.05) is 0 Å². The zero-order valence-corrected chi connectivity index (χ0v) is 36.1. The molecule has 1 aromatic carbocycles. The van der Waals surface area contributed by atoms with Crippen LogP contribution in [0.2, 0.25) is 0 Å². The first-order valence-electron chi connectivity index (χ1n) is 24.1. The lowest BCUT2D eigenvalue weighted by Crippen LogP contribution is -2.52. The van der Waals surface area contributed by atoms with Crippen molar-refractivity contribution < 1.29 is 14.7 Å². The number of hydrogen-bond acceptors (Lipinski definition) is 2. The Morgan fingerprint density at radius 3 is 1.58 bits per heavy atom. The maximum atomic E-state index is 12.5. The van der Waals surface area contributed by atoms with E-state index in [9.17, 15) is 10.2 Å². The van der Waals surface area contributed by atoms with Crippen LogP contribution < -0.4 is 0 Å². The van der Waals surface area contributed by atoms with Gasteiger partial charge in [-0.25, -0.2) is 0 Å². The van der Waals surface area contributed by atoms with Crippen molar-refractivity contribution >= 4 is 0 Å². The minimum atomic E-state index is -0.505. The zero-order chi connectivity index (χ0) is 37.8. The molecule has 2 saturated carbocycles. The lowest BCUT2D eigenvalue weighted by Gasteiger charge is -2.53. The first-order valence-corrected chi connectivity index (χ1v) is 24.1. The average Bonchev–Trinajstić information content (AvgIpc) is 3.42. The molecule has 0 saturated heterocycles. The van der Waals surface area contributed by atoms with Gasteiger partial charge in [-0.1, -0.05) is 155 Å². The van der Waals surface area contributed by atoms with Gasteiger partial charge < -0.3 is 14.7 Å². The first kappa shape index (κ1) is 44.7. The van der Waals surface area contributed by atoms with Gasteiger partial charge in [-0.2, -0.15) is 0 Å². The highest BCUT2D eigenvalue weighted by Crippen LogP contribution is 2.65. The summed E-state index contributed by atoms with van der Waals surface area (Å²) in [7, 11) is 2.57. The van der Waals surface area contributed by atoms with Gasteiger partial charge in [-0.15, -0.1) is 0 Å². The van der Waals surface area contributed by atoms with E-state index in [1.165, 1.54) is 215 Å². The Bertz CT molecular complexity index is 1090. The number of quaternary nitrogens is 1. The third kappa shape index (κ3) is 13.8. The van der Waals surface area contributed by atoms with Crippen molar-refractivity contribution in [3.8, 4) is 5.75 Å². The number of phenols is 1. The van der Waals surface area contributed by atoms with E-state index in [-0.39, 0.29) is 5.41 Å². The molecule has 53 heavy (non-hydrogen) atoms.